The summed E-state index contributed by atoms with van der Waals surface area (Å²) in [6.07, 6.45) is 1.07. The van der Waals surface area contributed by atoms with Gasteiger partial charge in [0, 0.05) is 17.4 Å². The summed E-state index contributed by atoms with van der Waals surface area (Å²) in [5.41, 5.74) is 7.41. The Morgan fingerprint density at radius 1 is 1.35 bits per heavy atom. The summed E-state index contributed by atoms with van der Waals surface area (Å²) in [5.74, 6) is -0.727. The molecule has 4 N–H and O–H groups in total. The van der Waals surface area contributed by atoms with Crippen LogP contribution < -0.4 is 11.1 Å². The molecule has 0 aliphatic carbocycles. The Kier molecular flexibility index (Phi) is 3.89. The fourth-order valence-corrected chi connectivity index (χ4v) is 3.82. The van der Waals surface area contributed by atoms with Gasteiger partial charge >= 0.3 is 5.97 Å². The number of hydrogen-bond donors (Lipinski definition) is 3. The van der Waals surface area contributed by atoms with Crippen molar-refractivity contribution in [1.29, 1.82) is 0 Å². The predicted molar refractivity (Wildman–Crippen MR) is 77.8 cm³/mol. The molecule has 1 heterocycles. The van der Waals surface area contributed by atoms with Crippen molar-refractivity contribution in [1.82, 2.24) is 0 Å². The molecule has 7 heteroatoms. The van der Waals surface area contributed by atoms with E-state index >= 15 is 0 Å². The van der Waals surface area contributed by atoms with Crippen LogP contribution in [0.1, 0.15) is 28.8 Å². The van der Waals surface area contributed by atoms with E-state index in [1.165, 1.54) is 6.07 Å². The molecular formula is C13H18N2O4S. The molecule has 0 bridgehead atoms. The van der Waals surface area contributed by atoms with Crippen LogP contribution in [0.3, 0.4) is 0 Å². The Morgan fingerprint density at radius 2 is 1.95 bits per heavy atom. The van der Waals surface area contributed by atoms with Gasteiger partial charge in [0.2, 0.25) is 0 Å². The number of benzene rings is 1. The van der Waals surface area contributed by atoms with Crippen molar-refractivity contribution < 1.29 is 18.3 Å². The lowest BCUT2D eigenvalue weighted by molar-refractivity contribution is 0.0698. The van der Waals surface area contributed by atoms with Crippen LogP contribution in [-0.2, 0) is 9.84 Å². The monoisotopic (exact) mass is 298 g/mol. The van der Waals surface area contributed by atoms with E-state index in [1.54, 1.807) is 13.0 Å². The molecule has 1 aromatic carbocycles. The van der Waals surface area contributed by atoms with Crippen molar-refractivity contribution in [3.05, 3.63) is 23.3 Å². The number of sulfone groups is 1. The van der Waals surface area contributed by atoms with Crippen LogP contribution in [0.4, 0.5) is 11.4 Å². The van der Waals surface area contributed by atoms with Crippen LogP contribution in [0.15, 0.2) is 12.1 Å². The molecule has 0 radical (unpaired) electrons. The Bertz CT molecular complexity index is 626. The van der Waals surface area contributed by atoms with Gasteiger partial charge in [0.05, 0.1) is 17.1 Å². The first-order chi connectivity index (χ1) is 9.28. The number of nitrogens with two attached hydrogens (primary N) is 1. The van der Waals surface area contributed by atoms with E-state index in [0.29, 0.717) is 24.1 Å². The number of carboxylic acids is 1. The van der Waals surface area contributed by atoms with E-state index in [0.717, 1.165) is 0 Å². The van der Waals surface area contributed by atoms with Crippen molar-refractivity contribution in [3.63, 3.8) is 0 Å². The van der Waals surface area contributed by atoms with Gasteiger partial charge in [-0.1, -0.05) is 0 Å². The van der Waals surface area contributed by atoms with Crippen LogP contribution in [0.2, 0.25) is 0 Å². The Hall–Kier alpha value is -1.76. The Morgan fingerprint density at radius 3 is 2.50 bits per heavy atom. The average molecular weight is 298 g/mol. The van der Waals surface area contributed by atoms with Gasteiger partial charge in [-0.3, -0.25) is 0 Å². The second kappa shape index (κ2) is 5.32. The van der Waals surface area contributed by atoms with Crippen LogP contribution in [0.5, 0.6) is 0 Å². The molecule has 20 heavy (non-hydrogen) atoms. The van der Waals surface area contributed by atoms with Crippen molar-refractivity contribution in [2.24, 2.45) is 0 Å². The zero-order chi connectivity index (χ0) is 14.9. The van der Waals surface area contributed by atoms with Gasteiger partial charge < -0.3 is 16.2 Å². The predicted octanol–water partition coefficient (Wildman–Crippen LogP) is 1.26. The smallest absolute Gasteiger partial charge is 0.337 e. The highest BCUT2D eigenvalue weighted by atomic mass is 32.2. The van der Waals surface area contributed by atoms with Gasteiger partial charge in [-0.05, 0) is 37.5 Å². The second-order valence-electron chi connectivity index (χ2n) is 5.13. The lowest BCUT2D eigenvalue weighted by atomic mass is 10.1. The minimum Gasteiger partial charge on any atom is -0.478 e. The van der Waals surface area contributed by atoms with E-state index in [1.807, 2.05) is 0 Å². The highest BCUT2D eigenvalue weighted by Crippen LogP contribution is 2.25. The minimum atomic E-state index is -2.90. The molecule has 2 rings (SSSR count). The average Bonchev–Trinajstić information content (AvgIpc) is 2.36. The first-order valence-corrected chi connectivity index (χ1v) is 8.21. The summed E-state index contributed by atoms with van der Waals surface area (Å²) < 4.78 is 22.7. The van der Waals surface area contributed by atoms with Crippen molar-refractivity contribution in [2.75, 3.05) is 22.6 Å². The standard InChI is InChI=1S/C13H18N2O4S/c1-8-6-10(7-11(12(8)14)13(16)17)15-9-2-4-20(18,19)5-3-9/h6-7,9,15H,2-5,14H2,1H3,(H,16,17). The molecule has 6 nitrogen and oxygen atoms in total. The van der Waals surface area contributed by atoms with Crippen molar-refractivity contribution in [2.45, 2.75) is 25.8 Å². The molecular weight excluding hydrogens is 280 g/mol. The Balaban J connectivity index is 2.16. The fourth-order valence-electron chi connectivity index (χ4n) is 2.33. The van der Waals surface area contributed by atoms with Gasteiger partial charge in [-0.25, -0.2) is 13.2 Å². The highest BCUT2D eigenvalue weighted by molar-refractivity contribution is 7.91. The van der Waals surface area contributed by atoms with Crippen LogP contribution in [0, 0.1) is 6.92 Å². The number of carbonyl (C=O) groups is 1. The number of aryl methyl sites for hydroxylation is 1. The summed E-state index contributed by atoms with van der Waals surface area (Å²) in [6, 6.07) is 3.32. The number of aromatic carboxylic acids is 1. The molecule has 0 amide bonds. The summed E-state index contributed by atoms with van der Waals surface area (Å²) in [6.45, 7) is 1.75. The maximum absolute atomic E-state index is 11.4. The van der Waals surface area contributed by atoms with E-state index < -0.39 is 15.8 Å². The van der Waals surface area contributed by atoms with Gasteiger partial charge in [0.1, 0.15) is 9.84 Å². The first-order valence-electron chi connectivity index (χ1n) is 6.39. The van der Waals surface area contributed by atoms with E-state index in [9.17, 15) is 13.2 Å². The summed E-state index contributed by atoms with van der Waals surface area (Å²) in [5, 5.41) is 12.3. The molecule has 0 atom stereocenters. The SMILES string of the molecule is Cc1cc(NC2CCS(=O)(=O)CC2)cc(C(=O)O)c1N. The molecule has 1 saturated heterocycles. The summed E-state index contributed by atoms with van der Waals surface area (Å²) in [7, 11) is -2.90. The van der Waals surface area contributed by atoms with Gasteiger partial charge in [-0.15, -0.1) is 0 Å². The molecule has 110 valence electrons. The number of hydrogen-bond acceptors (Lipinski definition) is 5. The molecule has 0 unspecified atom stereocenters. The minimum absolute atomic E-state index is 0.0446. The third kappa shape index (κ3) is 3.22. The molecule has 0 saturated carbocycles. The zero-order valence-electron chi connectivity index (χ0n) is 11.2. The number of carboxylic acid groups (broad SMARTS) is 1. The van der Waals surface area contributed by atoms with E-state index in [-0.39, 0.29) is 28.8 Å². The van der Waals surface area contributed by atoms with Gasteiger partial charge in [0.15, 0.2) is 0 Å². The van der Waals surface area contributed by atoms with Gasteiger partial charge in [0.25, 0.3) is 0 Å². The van der Waals surface area contributed by atoms with E-state index in [4.69, 9.17) is 10.8 Å². The lowest BCUT2D eigenvalue weighted by Gasteiger charge is -2.24. The largest absolute Gasteiger partial charge is 0.478 e. The fraction of sp³-hybridized carbons (Fsp3) is 0.462. The topological polar surface area (TPSA) is 109 Å². The van der Waals surface area contributed by atoms with E-state index in [2.05, 4.69) is 5.32 Å². The first kappa shape index (κ1) is 14.6. The molecule has 1 aliphatic heterocycles. The quantitative estimate of drug-likeness (QED) is 0.725. The highest BCUT2D eigenvalue weighted by Gasteiger charge is 2.23. The molecule has 1 fully saturated rings. The van der Waals surface area contributed by atoms with Crippen LogP contribution in [-0.4, -0.2) is 37.0 Å². The summed E-state index contributed by atoms with van der Waals surface area (Å²) in [4.78, 5) is 11.1. The summed E-state index contributed by atoms with van der Waals surface area (Å²) >= 11 is 0. The Labute approximate surface area is 117 Å². The zero-order valence-corrected chi connectivity index (χ0v) is 12.0. The maximum Gasteiger partial charge on any atom is 0.337 e. The molecule has 0 spiro atoms. The lowest BCUT2D eigenvalue weighted by Crippen LogP contribution is -2.32. The number of nitrogen functional groups attached to an aromatic ring is 1. The van der Waals surface area contributed by atoms with Crippen molar-refractivity contribution >= 4 is 27.2 Å². The maximum atomic E-state index is 11.4. The van der Waals surface area contributed by atoms with Crippen LogP contribution in [0.25, 0.3) is 0 Å². The van der Waals surface area contributed by atoms with Crippen LogP contribution >= 0.6 is 0 Å². The van der Waals surface area contributed by atoms with Crippen molar-refractivity contribution in [3.8, 4) is 0 Å². The second-order valence-corrected chi connectivity index (χ2v) is 7.43. The third-order valence-corrected chi connectivity index (χ3v) is 5.26. The number of rotatable bonds is 3. The number of anilines is 2. The third-order valence-electron chi connectivity index (χ3n) is 3.54. The molecule has 1 aromatic rings. The number of nitrogens with one attached hydrogen (secondary N) is 1. The molecule has 1 aliphatic rings. The van der Waals surface area contributed by atoms with Gasteiger partial charge in [-0.2, -0.15) is 0 Å². The molecule has 0 aromatic heterocycles. The normalized spacial score (nSPS) is 18.6.